The topological polar surface area (TPSA) is 56.1 Å². The zero-order valence-corrected chi connectivity index (χ0v) is 16.8. The second-order valence-electron chi connectivity index (χ2n) is 7.06. The number of amides is 1. The number of halogens is 1. The number of hydrogen-bond acceptors (Lipinski definition) is 3. The molecule has 1 heterocycles. The smallest absolute Gasteiger partial charge is 0.251 e. The van der Waals surface area contributed by atoms with E-state index in [0.717, 1.165) is 11.0 Å². The highest BCUT2D eigenvalue weighted by atomic mass is 19.1. The molecule has 1 aromatic heterocycles. The van der Waals surface area contributed by atoms with E-state index in [0.29, 0.717) is 29.2 Å². The fourth-order valence-corrected chi connectivity index (χ4v) is 3.50. The molecule has 0 saturated carbocycles. The van der Waals surface area contributed by atoms with Crippen LogP contribution in [0.3, 0.4) is 0 Å². The van der Waals surface area contributed by atoms with E-state index in [1.807, 2.05) is 41.8 Å². The maximum Gasteiger partial charge on any atom is 0.251 e. The molecule has 0 bridgehead atoms. The van der Waals surface area contributed by atoms with Crippen molar-refractivity contribution in [3.8, 4) is 5.75 Å². The average Bonchev–Trinajstić information content (AvgIpc) is 3.14. The molecule has 30 heavy (non-hydrogen) atoms. The lowest BCUT2D eigenvalue weighted by molar-refractivity contribution is 0.0937. The van der Waals surface area contributed by atoms with Gasteiger partial charge in [0.05, 0.1) is 30.7 Å². The van der Waals surface area contributed by atoms with Gasteiger partial charge in [0.1, 0.15) is 17.4 Å². The van der Waals surface area contributed by atoms with Crippen LogP contribution in [0.15, 0.2) is 72.8 Å². The molecule has 0 fully saturated rings. The number of rotatable bonds is 6. The van der Waals surface area contributed by atoms with Gasteiger partial charge in [0.2, 0.25) is 0 Å². The molecule has 1 N–H and O–H groups in total. The van der Waals surface area contributed by atoms with Gasteiger partial charge in [-0.05, 0) is 43.3 Å². The Labute approximate surface area is 174 Å². The van der Waals surface area contributed by atoms with Crippen molar-refractivity contribution in [1.82, 2.24) is 14.9 Å². The van der Waals surface area contributed by atoms with Crippen LogP contribution in [0.4, 0.5) is 4.39 Å². The standard InChI is InChI=1S/C24H22FN3O2/c1-16(26-24(29)17-9-7-10-19(14-17)30-2)23-27-21-12-5-6-13-22(21)28(23)15-18-8-3-4-11-20(18)25/h3-14,16H,15H2,1-2H3,(H,26,29). The van der Waals surface area contributed by atoms with Crippen LogP contribution < -0.4 is 10.1 Å². The summed E-state index contributed by atoms with van der Waals surface area (Å²) in [5.74, 6) is 0.776. The predicted molar refractivity (Wildman–Crippen MR) is 114 cm³/mol. The SMILES string of the molecule is COc1cccc(C(=O)NC(C)c2nc3ccccc3n2Cc2ccccc2F)c1. The molecule has 0 radical (unpaired) electrons. The molecule has 152 valence electrons. The van der Waals surface area contributed by atoms with Crippen LogP contribution >= 0.6 is 0 Å². The Balaban J connectivity index is 1.67. The molecule has 0 aliphatic heterocycles. The average molecular weight is 403 g/mol. The van der Waals surface area contributed by atoms with E-state index in [2.05, 4.69) is 5.32 Å². The minimum absolute atomic E-state index is 0.231. The van der Waals surface area contributed by atoms with Gasteiger partial charge in [-0.1, -0.05) is 36.4 Å². The third-order valence-corrected chi connectivity index (χ3v) is 5.04. The Hall–Kier alpha value is -3.67. The van der Waals surface area contributed by atoms with E-state index in [-0.39, 0.29) is 17.8 Å². The fourth-order valence-electron chi connectivity index (χ4n) is 3.50. The normalized spacial score (nSPS) is 12.0. The summed E-state index contributed by atoms with van der Waals surface area (Å²) in [4.78, 5) is 17.5. The number of hydrogen-bond donors (Lipinski definition) is 1. The first-order valence-electron chi connectivity index (χ1n) is 9.70. The van der Waals surface area contributed by atoms with E-state index in [1.165, 1.54) is 6.07 Å². The van der Waals surface area contributed by atoms with Crippen molar-refractivity contribution in [2.45, 2.75) is 19.5 Å². The molecule has 3 aromatic carbocycles. The van der Waals surface area contributed by atoms with Gasteiger partial charge in [0.15, 0.2) is 0 Å². The number of ether oxygens (including phenoxy) is 1. The maximum atomic E-state index is 14.3. The van der Waals surface area contributed by atoms with Crippen LogP contribution in [0.2, 0.25) is 0 Å². The van der Waals surface area contributed by atoms with Crippen LogP contribution in [0, 0.1) is 5.82 Å². The minimum atomic E-state index is -0.386. The van der Waals surface area contributed by atoms with Gasteiger partial charge >= 0.3 is 0 Å². The molecule has 0 spiro atoms. The second-order valence-corrected chi connectivity index (χ2v) is 7.06. The minimum Gasteiger partial charge on any atom is -0.497 e. The highest BCUT2D eigenvalue weighted by Gasteiger charge is 2.20. The zero-order valence-electron chi connectivity index (χ0n) is 16.8. The lowest BCUT2D eigenvalue weighted by Gasteiger charge is -2.17. The molecule has 0 saturated heterocycles. The first-order valence-corrected chi connectivity index (χ1v) is 9.70. The lowest BCUT2D eigenvalue weighted by atomic mass is 10.1. The molecule has 1 atom stereocenters. The summed E-state index contributed by atoms with van der Waals surface area (Å²) >= 11 is 0. The summed E-state index contributed by atoms with van der Waals surface area (Å²) in [6.45, 7) is 2.19. The van der Waals surface area contributed by atoms with Crippen molar-refractivity contribution in [3.05, 3.63) is 95.6 Å². The summed E-state index contributed by atoms with van der Waals surface area (Å²) in [7, 11) is 1.56. The molecular formula is C24H22FN3O2. The predicted octanol–water partition coefficient (Wildman–Crippen LogP) is 4.72. The van der Waals surface area contributed by atoms with Crippen molar-refractivity contribution in [2.24, 2.45) is 0 Å². The number of aromatic nitrogens is 2. The third kappa shape index (κ3) is 3.89. The lowest BCUT2D eigenvalue weighted by Crippen LogP contribution is -2.29. The molecule has 1 amide bonds. The Kier molecular flexibility index (Phi) is 5.48. The summed E-state index contributed by atoms with van der Waals surface area (Å²) in [5, 5.41) is 2.99. The number of carbonyl (C=O) groups is 1. The van der Waals surface area contributed by atoms with E-state index in [1.54, 1.807) is 43.5 Å². The summed E-state index contributed by atoms with van der Waals surface area (Å²) < 4.78 is 21.4. The number of nitrogens with zero attached hydrogens (tertiary/aromatic N) is 2. The maximum absolute atomic E-state index is 14.3. The zero-order chi connectivity index (χ0) is 21.1. The second kappa shape index (κ2) is 8.37. The van der Waals surface area contributed by atoms with Crippen LogP contribution in [0.1, 0.15) is 34.7 Å². The molecule has 0 aliphatic rings. The van der Waals surface area contributed by atoms with Gasteiger partial charge < -0.3 is 14.6 Å². The molecule has 4 aromatic rings. The molecular weight excluding hydrogens is 381 g/mol. The Morgan fingerprint density at radius 3 is 2.67 bits per heavy atom. The van der Waals surface area contributed by atoms with Crippen molar-refractivity contribution >= 4 is 16.9 Å². The number of nitrogens with one attached hydrogen (secondary N) is 1. The molecule has 4 rings (SSSR count). The van der Waals surface area contributed by atoms with Gasteiger partial charge in [-0.2, -0.15) is 0 Å². The Morgan fingerprint density at radius 2 is 1.87 bits per heavy atom. The first kappa shape index (κ1) is 19.6. The van der Waals surface area contributed by atoms with E-state index in [4.69, 9.17) is 9.72 Å². The Morgan fingerprint density at radius 1 is 1.10 bits per heavy atom. The van der Waals surface area contributed by atoms with Gasteiger partial charge in [0, 0.05) is 11.1 Å². The Bertz CT molecular complexity index is 1200. The number of methoxy groups -OCH3 is 1. The first-order chi connectivity index (χ1) is 14.6. The monoisotopic (exact) mass is 403 g/mol. The number of imidazole rings is 1. The molecule has 0 aliphatic carbocycles. The van der Waals surface area contributed by atoms with Crippen molar-refractivity contribution in [2.75, 3.05) is 7.11 Å². The van der Waals surface area contributed by atoms with Crippen molar-refractivity contribution in [1.29, 1.82) is 0 Å². The van der Waals surface area contributed by atoms with Crippen LogP contribution in [-0.2, 0) is 6.54 Å². The third-order valence-electron chi connectivity index (χ3n) is 5.04. The number of benzene rings is 3. The van der Waals surface area contributed by atoms with Crippen molar-refractivity contribution < 1.29 is 13.9 Å². The largest absolute Gasteiger partial charge is 0.497 e. The molecule has 5 nitrogen and oxygen atoms in total. The van der Waals surface area contributed by atoms with Gasteiger partial charge in [0.25, 0.3) is 5.91 Å². The fraction of sp³-hybridized carbons (Fsp3) is 0.167. The molecule has 1 unspecified atom stereocenters. The van der Waals surface area contributed by atoms with Gasteiger partial charge in [-0.3, -0.25) is 4.79 Å². The summed E-state index contributed by atoms with van der Waals surface area (Å²) in [6, 6.07) is 21.0. The van der Waals surface area contributed by atoms with Crippen LogP contribution in [0.5, 0.6) is 5.75 Å². The highest BCUT2D eigenvalue weighted by Crippen LogP contribution is 2.23. The summed E-state index contributed by atoms with van der Waals surface area (Å²) in [5.41, 5.74) is 2.75. The van der Waals surface area contributed by atoms with Crippen LogP contribution in [0.25, 0.3) is 11.0 Å². The number of carbonyl (C=O) groups excluding carboxylic acids is 1. The quantitative estimate of drug-likeness (QED) is 0.507. The van der Waals surface area contributed by atoms with Crippen molar-refractivity contribution in [3.63, 3.8) is 0 Å². The highest BCUT2D eigenvalue weighted by molar-refractivity contribution is 5.94. The molecule has 6 heteroatoms. The van der Waals surface area contributed by atoms with Crippen LogP contribution in [-0.4, -0.2) is 22.6 Å². The van der Waals surface area contributed by atoms with E-state index < -0.39 is 0 Å². The van der Waals surface area contributed by atoms with Gasteiger partial charge in [-0.15, -0.1) is 0 Å². The van der Waals surface area contributed by atoms with E-state index >= 15 is 0 Å². The number of fused-ring (bicyclic) bond motifs is 1. The van der Waals surface area contributed by atoms with E-state index in [9.17, 15) is 9.18 Å². The van der Waals surface area contributed by atoms with Gasteiger partial charge in [-0.25, -0.2) is 9.37 Å². The number of para-hydroxylation sites is 2. The summed E-state index contributed by atoms with van der Waals surface area (Å²) in [6.07, 6.45) is 0.